The van der Waals surface area contributed by atoms with Crippen LogP contribution in [0.25, 0.3) is 31.8 Å². The highest BCUT2D eigenvalue weighted by molar-refractivity contribution is 7.22. The number of non-ortho nitro benzene ring substituents is 1. The van der Waals surface area contributed by atoms with Crippen LogP contribution in [0.5, 0.6) is 0 Å². The van der Waals surface area contributed by atoms with Crippen molar-refractivity contribution in [3.8, 4) is 10.4 Å². The summed E-state index contributed by atoms with van der Waals surface area (Å²) in [6, 6.07) is 11.6. The van der Waals surface area contributed by atoms with Gasteiger partial charge in [-0.05, 0) is 35.9 Å². The largest absolute Gasteiger partial charge is 0.305 e. The predicted molar refractivity (Wildman–Crippen MR) is 117 cm³/mol. The Morgan fingerprint density at radius 1 is 1.20 bits per heavy atom. The standard InChI is InChI=1S/C20H10Cl2FN3O3S/c21-14-6-5-13(26(28)29)7-11(14)8-15(22)19-24-16-9-17(30-18(16)20(27)25-19)10-1-3-12(23)4-2-10/h1-9H,(H,24,25,27)/b15-8-. The average molecular weight is 462 g/mol. The second kappa shape index (κ2) is 7.98. The lowest BCUT2D eigenvalue weighted by atomic mass is 10.2. The minimum absolute atomic E-state index is 0.0610. The van der Waals surface area contributed by atoms with Gasteiger partial charge >= 0.3 is 0 Å². The zero-order chi connectivity index (χ0) is 21.4. The average Bonchev–Trinajstić information content (AvgIpc) is 3.14. The highest BCUT2D eigenvalue weighted by Gasteiger charge is 2.14. The summed E-state index contributed by atoms with van der Waals surface area (Å²) < 4.78 is 13.6. The van der Waals surface area contributed by atoms with Gasteiger partial charge < -0.3 is 4.98 Å². The number of rotatable bonds is 4. The SMILES string of the molecule is O=c1[nH]c(/C(Cl)=C/c2cc([N+](=O)[O-])ccc2Cl)nc2cc(-c3ccc(F)cc3)sc12. The van der Waals surface area contributed by atoms with Crippen molar-refractivity contribution in [2.24, 2.45) is 0 Å². The maximum absolute atomic E-state index is 13.2. The van der Waals surface area contributed by atoms with Crippen molar-refractivity contribution < 1.29 is 9.31 Å². The summed E-state index contributed by atoms with van der Waals surface area (Å²) in [5.41, 5.74) is 0.968. The van der Waals surface area contributed by atoms with Crippen molar-refractivity contribution in [2.75, 3.05) is 0 Å². The van der Waals surface area contributed by atoms with Gasteiger partial charge in [-0.1, -0.05) is 35.3 Å². The maximum atomic E-state index is 13.2. The van der Waals surface area contributed by atoms with Gasteiger partial charge in [0.15, 0.2) is 5.82 Å². The third-order valence-corrected chi connectivity index (χ3v) is 6.01. The Morgan fingerprint density at radius 3 is 2.63 bits per heavy atom. The third-order valence-electron chi connectivity index (χ3n) is 4.21. The number of hydrogen-bond acceptors (Lipinski definition) is 5. The van der Waals surface area contributed by atoms with Crippen LogP contribution in [0, 0.1) is 15.9 Å². The molecule has 150 valence electrons. The van der Waals surface area contributed by atoms with Crippen molar-refractivity contribution in [3.63, 3.8) is 0 Å². The van der Waals surface area contributed by atoms with Crippen molar-refractivity contribution in [3.05, 3.63) is 91.2 Å². The van der Waals surface area contributed by atoms with E-state index in [-0.39, 0.29) is 32.9 Å². The maximum Gasteiger partial charge on any atom is 0.270 e. The summed E-state index contributed by atoms with van der Waals surface area (Å²) in [7, 11) is 0. The van der Waals surface area contributed by atoms with E-state index in [1.54, 1.807) is 18.2 Å². The van der Waals surface area contributed by atoms with E-state index in [0.717, 1.165) is 10.4 Å². The number of fused-ring (bicyclic) bond motifs is 1. The fraction of sp³-hybridized carbons (Fsp3) is 0. The Kier molecular flexibility index (Phi) is 5.38. The monoisotopic (exact) mass is 461 g/mol. The zero-order valence-electron chi connectivity index (χ0n) is 14.9. The quantitative estimate of drug-likeness (QED) is 0.294. The zero-order valence-corrected chi connectivity index (χ0v) is 17.2. The number of H-pyrrole nitrogens is 1. The summed E-state index contributed by atoms with van der Waals surface area (Å²) in [5.74, 6) is -0.255. The van der Waals surface area contributed by atoms with Crippen LogP contribution in [0.3, 0.4) is 0 Å². The highest BCUT2D eigenvalue weighted by atomic mass is 35.5. The number of nitrogens with one attached hydrogen (secondary N) is 1. The topological polar surface area (TPSA) is 88.9 Å². The first-order valence-corrected chi connectivity index (χ1v) is 10.0. The van der Waals surface area contributed by atoms with Crippen LogP contribution in [0.1, 0.15) is 11.4 Å². The molecule has 4 aromatic rings. The molecule has 2 aromatic carbocycles. The Bertz CT molecular complexity index is 1380. The number of nitro groups is 1. The van der Waals surface area contributed by atoms with Crippen LogP contribution in [0.4, 0.5) is 10.1 Å². The molecule has 1 N–H and O–H groups in total. The van der Waals surface area contributed by atoms with Crippen LogP contribution >= 0.6 is 34.5 Å². The molecule has 0 aliphatic rings. The van der Waals surface area contributed by atoms with Crippen LogP contribution in [0.15, 0.2) is 53.3 Å². The molecule has 30 heavy (non-hydrogen) atoms. The number of benzene rings is 2. The van der Waals surface area contributed by atoms with E-state index in [2.05, 4.69) is 9.97 Å². The van der Waals surface area contributed by atoms with Crippen molar-refractivity contribution in [1.29, 1.82) is 0 Å². The van der Waals surface area contributed by atoms with Crippen LogP contribution < -0.4 is 5.56 Å². The lowest BCUT2D eigenvalue weighted by molar-refractivity contribution is -0.384. The second-order valence-electron chi connectivity index (χ2n) is 6.20. The molecule has 0 aliphatic heterocycles. The lowest BCUT2D eigenvalue weighted by Gasteiger charge is -2.02. The minimum atomic E-state index is -0.546. The van der Waals surface area contributed by atoms with Gasteiger partial charge in [0.25, 0.3) is 11.2 Å². The van der Waals surface area contributed by atoms with E-state index in [9.17, 15) is 19.3 Å². The Labute approximate surface area is 182 Å². The van der Waals surface area contributed by atoms with Gasteiger partial charge in [-0.3, -0.25) is 14.9 Å². The van der Waals surface area contributed by atoms with Gasteiger partial charge in [0.1, 0.15) is 10.5 Å². The van der Waals surface area contributed by atoms with Crippen LogP contribution in [0.2, 0.25) is 5.02 Å². The first-order valence-electron chi connectivity index (χ1n) is 8.43. The molecule has 0 spiro atoms. The Balaban J connectivity index is 1.77. The first kappa shape index (κ1) is 20.2. The van der Waals surface area contributed by atoms with E-state index in [1.165, 1.54) is 47.7 Å². The van der Waals surface area contributed by atoms with E-state index >= 15 is 0 Å². The smallest absolute Gasteiger partial charge is 0.270 e. The van der Waals surface area contributed by atoms with Gasteiger partial charge in [0, 0.05) is 27.6 Å². The summed E-state index contributed by atoms with van der Waals surface area (Å²) in [6.45, 7) is 0. The van der Waals surface area contributed by atoms with E-state index in [1.807, 2.05) is 0 Å². The van der Waals surface area contributed by atoms with Gasteiger partial charge in [-0.25, -0.2) is 9.37 Å². The second-order valence-corrected chi connectivity index (χ2v) is 8.07. The normalized spacial score (nSPS) is 11.8. The molecular formula is C20H10Cl2FN3O3S. The summed E-state index contributed by atoms with van der Waals surface area (Å²) in [6.07, 6.45) is 1.40. The molecule has 0 saturated carbocycles. The van der Waals surface area contributed by atoms with Crippen LogP contribution in [-0.2, 0) is 0 Å². The number of aromatic amines is 1. The molecule has 0 amide bonds. The number of hydrogen-bond donors (Lipinski definition) is 1. The molecule has 0 atom stereocenters. The third kappa shape index (κ3) is 3.97. The molecule has 0 fully saturated rings. The summed E-state index contributed by atoms with van der Waals surface area (Å²) >= 11 is 13.6. The summed E-state index contributed by atoms with van der Waals surface area (Å²) in [5, 5.41) is 11.3. The number of halogens is 3. The molecule has 0 unspecified atom stereocenters. The molecule has 6 nitrogen and oxygen atoms in total. The molecule has 10 heteroatoms. The number of nitrogens with zero attached hydrogens (tertiary/aromatic N) is 2. The minimum Gasteiger partial charge on any atom is -0.305 e. The fourth-order valence-corrected chi connectivity index (χ4v) is 4.15. The van der Waals surface area contributed by atoms with Gasteiger partial charge in [-0.2, -0.15) is 0 Å². The molecule has 0 saturated heterocycles. The molecular weight excluding hydrogens is 452 g/mol. The van der Waals surface area contributed by atoms with Crippen LogP contribution in [-0.4, -0.2) is 14.9 Å². The van der Waals surface area contributed by atoms with E-state index < -0.39 is 4.92 Å². The number of nitro benzene ring substituents is 1. The molecule has 2 aromatic heterocycles. The first-order chi connectivity index (χ1) is 14.3. The van der Waals surface area contributed by atoms with Gasteiger partial charge in [-0.15, -0.1) is 11.3 Å². The molecule has 0 radical (unpaired) electrons. The van der Waals surface area contributed by atoms with Crippen molar-refractivity contribution >= 4 is 61.6 Å². The lowest BCUT2D eigenvalue weighted by Crippen LogP contribution is -2.08. The Morgan fingerprint density at radius 2 is 1.93 bits per heavy atom. The predicted octanol–water partition coefficient (Wildman–Crippen LogP) is 6.09. The number of thiophene rings is 1. The highest BCUT2D eigenvalue weighted by Crippen LogP contribution is 2.32. The van der Waals surface area contributed by atoms with E-state index in [4.69, 9.17) is 23.2 Å². The summed E-state index contributed by atoms with van der Waals surface area (Å²) in [4.78, 5) is 30.7. The molecule has 0 bridgehead atoms. The molecule has 0 aliphatic carbocycles. The van der Waals surface area contributed by atoms with Gasteiger partial charge in [0.05, 0.1) is 15.5 Å². The molecule has 2 heterocycles. The fourth-order valence-electron chi connectivity index (χ4n) is 2.77. The van der Waals surface area contributed by atoms with Crippen molar-refractivity contribution in [1.82, 2.24) is 9.97 Å². The van der Waals surface area contributed by atoms with E-state index in [0.29, 0.717) is 15.8 Å². The molecule has 4 rings (SSSR count). The van der Waals surface area contributed by atoms with Crippen molar-refractivity contribution in [2.45, 2.75) is 0 Å². The number of aromatic nitrogens is 2. The van der Waals surface area contributed by atoms with Gasteiger partial charge in [0.2, 0.25) is 0 Å². The Hall–Kier alpha value is -3.07.